The summed E-state index contributed by atoms with van der Waals surface area (Å²) in [5.74, 6) is -0.930. The number of carboxylic acids is 1. The molecule has 0 radical (unpaired) electrons. The summed E-state index contributed by atoms with van der Waals surface area (Å²) in [5, 5.41) is 10.8. The molecule has 0 saturated heterocycles. The minimum Gasteiger partial charge on any atom is -0.477 e. The number of halogens is 1. The van der Waals surface area contributed by atoms with E-state index >= 15 is 0 Å². The van der Waals surface area contributed by atoms with Crippen molar-refractivity contribution in [3.05, 3.63) is 56.5 Å². The summed E-state index contributed by atoms with van der Waals surface area (Å²) in [6.07, 6.45) is 3.23. The molecule has 0 spiro atoms. The molecule has 114 valence electrons. The van der Waals surface area contributed by atoms with E-state index in [0.717, 1.165) is 22.6 Å². The quantitative estimate of drug-likeness (QED) is 0.920. The van der Waals surface area contributed by atoms with Gasteiger partial charge in [-0.1, -0.05) is 29.8 Å². The third kappa shape index (κ3) is 3.38. The van der Waals surface area contributed by atoms with Crippen molar-refractivity contribution >= 4 is 34.5 Å². The molecule has 0 saturated carbocycles. The average molecular weight is 336 g/mol. The Bertz CT molecular complexity index is 721. The largest absolute Gasteiger partial charge is 0.477 e. The number of aromatic carboxylic acids is 1. The van der Waals surface area contributed by atoms with Gasteiger partial charge in [0, 0.05) is 11.4 Å². The molecule has 2 heterocycles. The van der Waals surface area contributed by atoms with E-state index in [1.807, 2.05) is 18.2 Å². The Kier molecular flexibility index (Phi) is 4.57. The van der Waals surface area contributed by atoms with Gasteiger partial charge in [-0.3, -0.25) is 0 Å². The van der Waals surface area contributed by atoms with Crippen LogP contribution in [-0.2, 0) is 11.2 Å². The first kappa shape index (κ1) is 15.2. The minimum atomic E-state index is -0.930. The number of thiazole rings is 1. The SMILES string of the molecule is O=C(O)c1sc(C2=CCOCC2)nc1Cc1ccc(Cl)cc1. The smallest absolute Gasteiger partial charge is 0.347 e. The van der Waals surface area contributed by atoms with Crippen molar-refractivity contribution in [2.24, 2.45) is 0 Å². The van der Waals surface area contributed by atoms with E-state index in [9.17, 15) is 9.90 Å². The molecule has 1 aromatic heterocycles. The summed E-state index contributed by atoms with van der Waals surface area (Å²) in [6, 6.07) is 7.37. The van der Waals surface area contributed by atoms with Crippen LogP contribution in [0.4, 0.5) is 0 Å². The van der Waals surface area contributed by atoms with Gasteiger partial charge in [0.1, 0.15) is 9.88 Å². The Morgan fingerprint density at radius 2 is 2.14 bits per heavy atom. The number of carbonyl (C=O) groups is 1. The molecule has 0 aliphatic carbocycles. The molecule has 0 atom stereocenters. The fourth-order valence-corrected chi connectivity index (χ4v) is 3.41. The Hall–Kier alpha value is -1.69. The van der Waals surface area contributed by atoms with E-state index in [-0.39, 0.29) is 0 Å². The normalized spacial score (nSPS) is 14.7. The Balaban J connectivity index is 1.92. The fourth-order valence-electron chi connectivity index (χ4n) is 2.29. The summed E-state index contributed by atoms with van der Waals surface area (Å²) in [6.45, 7) is 1.21. The van der Waals surface area contributed by atoms with E-state index < -0.39 is 5.97 Å². The number of hydrogen-bond donors (Lipinski definition) is 1. The highest BCUT2D eigenvalue weighted by Crippen LogP contribution is 2.29. The zero-order chi connectivity index (χ0) is 15.5. The fraction of sp³-hybridized carbons (Fsp3) is 0.250. The second-order valence-corrected chi connectivity index (χ2v) is 6.39. The molecule has 1 N–H and O–H groups in total. The molecule has 0 unspecified atom stereocenters. The van der Waals surface area contributed by atoms with Gasteiger partial charge in [-0.15, -0.1) is 11.3 Å². The van der Waals surface area contributed by atoms with Crippen LogP contribution in [0.5, 0.6) is 0 Å². The number of carboxylic acid groups (broad SMARTS) is 1. The molecule has 0 amide bonds. The predicted octanol–water partition coefficient (Wildman–Crippen LogP) is 3.89. The van der Waals surface area contributed by atoms with E-state index in [1.165, 1.54) is 11.3 Å². The van der Waals surface area contributed by atoms with Crippen LogP contribution in [0.2, 0.25) is 5.02 Å². The highest BCUT2D eigenvalue weighted by Gasteiger charge is 2.20. The van der Waals surface area contributed by atoms with Crippen molar-refractivity contribution in [1.82, 2.24) is 4.98 Å². The molecule has 0 bridgehead atoms. The number of aromatic nitrogens is 1. The molecule has 3 rings (SSSR count). The van der Waals surface area contributed by atoms with Crippen LogP contribution in [0.25, 0.3) is 5.57 Å². The van der Waals surface area contributed by atoms with Gasteiger partial charge in [0.2, 0.25) is 0 Å². The van der Waals surface area contributed by atoms with Crippen molar-refractivity contribution in [2.75, 3.05) is 13.2 Å². The lowest BCUT2D eigenvalue weighted by atomic mass is 10.1. The maximum absolute atomic E-state index is 11.5. The number of nitrogens with zero attached hydrogens (tertiary/aromatic N) is 1. The van der Waals surface area contributed by atoms with Crippen LogP contribution in [0.15, 0.2) is 30.3 Å². The second kappa shape index (κ2) is 6.60. The molecule has 1 aliphatic rings. The van der Waals surface area contributed by atoms with E-state index in [1.54, 1.807) is 12.1 Å². The molecule has 22 heavy (non-hydrogen) atoms. The van der Waals surface area contributed by atoms with Crippen LogP contribution in [0.1, 0.15) is 32.4 Å². The Morgan fingerprint density at radius 1 is 1.36 bits per heavy atom. The van der Waals surface area contributed by atoms with Crippen LogP contribution in [-0.4, -0.2) is 29.3 Å². The van der Waals surface area contributed by atoms with Gasteiger partial charge in [0.25, 0.3) is 0 Å². The second-order valence-electron chi connectivity index (χ2n) is 4.96. The van der Waals surface area contributed by atoms with Gasteiger partial charge in [0.05, 0.1) is 18.9 Å². The van der Waals surface area contributed by atoms with Gasteiger partial charge in [0.15, 0.2) is 0 Å². The van der Waals surface area contributed by atoms with E-state index in [2.05, 4.69) is 4.98 Å². The van der Waals surface area contributed by atoms with Crippen molar-refractivity contribution in [3.63, 3.8) is 0 Å². The van der Waals surface area contributed by atoms with Gasteiger partial charge >= 0.3 is 5.97 Å². The standard InChI is InChI=1S/C16H14ClNO3S/c17-12-3-1-10(2-4-12)9-13-14(16(19)20)22-15(18-13)11-5-7-21-8-6-11/h1-5H,6-9H2,(H,19,20). The van der Waals surface area contributed by atoms with Crippen molar-refractivity contribution in [2.45, 2.75) is 12.8 Å². The molecule has 2 aromatic rings. The first-order valence-corrected chi connectivity index (χ1v) is 8.07. The molecular formula is C16H14ClNO3S. The van der Waals surface area contributed by atoms with Gasteiger partial charge < -0.3 is 9.84 Å². The first-order chi connectivity index (χ1) is 10.6. The van der Waals surface area contributed by atoms with Gasteiger partial charge in [-0.05, 0) is 29.7 Å². The van der Waals surface area contributed by atoms with Crippen molar-refractivity contribution in [3.8, 4) is 0 Å². The summed E-state index contributed by atoms with van der Waals surface area (Å²) in [5.41, 5.74) is 2.66. The summed E-state index contributed by atoms with van der Waals surface area (Å²) in [4.78, 5) is 16.3. The van der Waals surface area contributed by atoms with Gasteiger partial charge in [-0.25, -0.2) is 9.78 Å². The zero-order valence-corrected chi connectivity index (χ0v) is 13.3. The van der Waals surface area contributed by atoms with Crippen LogP contribution in [0.3, 0.4) is 0 Å². The van der Waals surface area contributed by atoms with E-state index in [4.69, 9.17) is 16.3 Å². The molecule has 4 nitrogen and oxygen atoms in total. The molecule has 6 heteroatoms. The van der Waals surface area contributed by atoms with E-state index in [0.29, 0.717) is 35.2 Å². The topological polar surface area (TPSA) is 59.4 Å². The zero-order valence-electron chi connectivity index (χ0n) is 11.7. The third-order valence-electron chi connectivity index (χ3n) is 3.41. The average Bonchev–Trinajstić information content (AvgIpc) is 2.95. The summed E-state index contributed by atoms with van der Waals surface area (Å²) >= 11 is 7.11. The van der Waals surface area contributed by atoms with Crippen LogP contribution in [0, 0.1) is 0 Å². The lowest BCUT2D eigenvalue weighted by Gasteiger charge is -2.10. The number of ether oxygens (including phenoxy) is 1. The molecule has 1 aromatic carbocycles. The lowest BCUT2D eigenvalue weighted by Crippen LogP contribution is -2.03. The monoisotopic (exact) mass is 335 g/mol. The number of rotatable bonds is 4. The number of hydrogen-bond acceptors (Lipinski definition) is 4. The van der Waals surface area contributed by atoms with Crippen LogP contribution >= 0.6 is 22.9 Å². The maximum Gasteiger partial charge on any atom is 0.347 e. The molecule has 1 aliphatic heterocycles. The minimum absolute atomic E-state index is 0.303. The lowest BCUT2D eigenvalue weighted by molar-refractivity contribution is 0.0701. The van der Waals surface area contributed by atoms with Crippen molar-refractivity contribution < 1.29 is 14.6 Å². The van der Waals surface area contributed by atoms with Gasteiger partial charge in [-0.2, -0.15) is 0 Å². The molecular weight excluding hydrogens is 322 g/mol. The Morgan fingerprint density at radius 3 is 2.77 bits per heavy atom. The third-order valence-corrected chi connectivity index (χ3v) is 4.83. The summed E-state index contributed by atoms with van der Waals surface area (Å²) < 4.78 is 5.28. The highest BCUT2D eigenvalue weighted by molar-refractivity contribution is 7.14. The first-order valence-electron chi connectivity index (χ1n) is 6.88. The van der Waals surface area contributed by atoms with Crippen LogP contribution < -0.4 is 0 Å². The Labute approximate surface area is 137 Å². The highest BCUT2D eigenvalue weighted by atomic mass is 35.5. The maximum atomic E-state index is 11.5. The molecule has 0 fully saturated rings. The predicted molar refractivity (Wildman–Crippen MR) is 86.7 cm³/mol. The van der Waals surface area contributed by atoms with Crippen molar-refractivity contribution in [1.29, 1.82) is 0 Å². The summed E-state index contributed by atoms with van der Waals surface area (Å²) in [7, 11) is 0. The number of benzene rings is 1.